The molecule has 12 heavy (non-hydrogen) atoms. The molecule has 1 rings (SSSR count). The lowest BCUT2D eigenvalue weighted by atomic mass is 10.00. The first-order chi connectivity index (χ1) is 5.61. The summed E-state index contributed by atoms with van der Waals surface area (Å²) in [4.78, 5) is 2.40. The van der Waals surface area contributed by atoms with Crippen molar-refractivity contribution in [2.75, 3.05) is 13.1 Å². The summed E-state index contributed by atoms with van der Waals surface area (Å²) in [6, 6.07) is 0.611. The molecule has 72 valence electrons. The molecule has 0 aromatic rings. The lowest BCUT2D eigenvalue weighted by Crippen LogP contribution is -2.45. The molecule has 1 saturated heterocycles. The van der Waals surface area contributed by atoms with Gasteiger partial charge >= 0.3 is 0 Å². The van der Waals surface area contributed by atoms with Gasteiger partial charge in [-0.15, -0.1) is 0 Å². The predicted molar refractivity (Wildman–Crippen MR) is 51.1 cm³/mol. The van der Waals surface area contributed by atoms with Crippen LogP contribution in [0.4, 0.5) is 0 Å². The Hall–Kier alpha value is -0.0800. The van der Waals surface area contributed by atoms with Crippen LogP contribution >= 0.6 is 0 Å². The van der Waals surface area contributed by atoms with Gasteiger partial charge in [0.1, 0.15) is 0 Å². The summed E-state index contributed by atoms with van der Waals surface area (Å²) in [5.74, 6) is 0.690. The van der Waals surface area contributed by atoms with E-state index in [4.69, 9.17) is 0 Å². The topological polar surface area (TPSA) is 23.5 Å². The Labute approximate surface area is 75.6 Å². The number of likely N-dealkylation sites (tertiary alicyclic amines) is 1. The maximum Gasteiger partial charge on any atom is 0.0667 e. The van der Waals surface area contributed by atoms with Crippen LogP contribution in [-0.2, 0) is 0 Å². The van der Waals surface area contributed by atoms with Crippen molar-refractivity contribution in [2.24, 2.45) is 5.92 Å². The van der Waals surface area contributed by atoms with E-state index in [2.05, 4.69) is 25.7 Å². The van der Waals surface area contributed by atoms with Gasteiger partial charge in [0.25, 0.3) is 0 Å². The van der Waals surface area contributed by atoms with Gasteiger partial charge in [0.15, 0.2) is 0 Å². The predicted octanol–water partition coefficient (Wildman–Crippen LogP) is 1.49. The van der Waals surface area contributed by atoms with Crippen molar-refractivity contribution < 1.29 is 5.11 Å². The fraction of sp³-hybridized carbons (Fsp3) is 1.00. The van der Waals surface area contributed by atoms with Crippen LogP contribution in [0.5, 0.6) is 0 Å². The van der Waals surface area contributed by atoms with Gasteiger partial charge in [-0.2, -0.15) is 0 Å². The highest BCUT2D eigenvalue weighted by Gasteiger charge is 2.23. The first-order valence-electron chi connectivity index (χ1n) is 5.03. The molecule has 2 heteroatoms. The van der Waals surface area contributed by atoms with E-state index in [9.17, 15) is 5.11 Å². The Morgan fingerprint density at radius 1 is 1.33 bits per heavy atom. The monoisotopic (exact) mass is 171 g/mol. The van der Waals surface area contributed by atoms with Crippen LogP contribution in [0, 0.1) is 5.92 Å². The Kier molecular flexibility index (Phi) is 3.53. The number of nitrogens with zero attached hydrogens (tertiary/aromatic N) is 1. The molecule has 1 aliphatic rings. The molecule has 0 bridgehead atoms. The van der Waals surface area contributed by atoms with E-state index in [0.29, 0.717) is 12.0 Å². The van der Waals surface area contributed by atoms with Crippen molar-refractivity contribution in [1.82, 2.24) is 4.90 Å². The number of piperidine rings is 1. The van der Waals surface area contributed by atoms with Crippen LogP contribution in [0.1, 0.15) is 33.6 Å². The van der Waals surface area contributed by atoms with Crippen LogP contribution in [-0.4, -0.2) is 35.2 Å². The Morgan fingerprint density at radius 3 is 2.50 bits per heavy atom. The highest BCUT2D eigenvalue weighted by molar-refractivity contribution is 4.77. The largest absolute Gasteiger partial charge is 0.392 e. The van der Waals surface area contributed by atoms with Crippen LogP contribution < -0.4 is 0 Å². The van der Waals surface area contributed by atoms with E-state index in [1.807, 2.05) is 0 Å². The van der Waals surface area contributed by atoms with Gasteiger partial charge in [-0.3, -0.25) is 4.90 Å². The van der Waals surface area contributed by atoms with Gasteiger partial charge < -0.3 is 5.11 Å². The van der Waals surface area contributed by atoms with E-state index in [1.165, 1.54) is 0 Å². The van der Waals surface area contributed by atoms with Crippen LogP contribution in [0.3, 0.4) is 0 Å². The van der Waals surface area contributed by atoms with Crippen LogP contribution in [0.2, 0.25) is 0 Å². The minimum atomic E-state index is -0.0834. The molecule has 0 spiro atoms. The lowest BCUT2D eigenvalue weighted by Gasteiger charge is -2.36. The smallest absolute Gasteiger partial charge is 0.0667 e. The Morgan fingerprint density at radius 2 is 2.00 bits per heavy atom. The fourth-order valence-corrected chi connectivity index (χ4v) is 1.77. The van der Waals surface area contributed by atoms with Crippen molar-refractivity contribution in [1.29, 1.82) is 0 Å². The van der Waals surface area contributed by atoms with Gasteiger partial charge in [-0.1, -0.05) is 13.8 Å². The van der Waals surface area contributed by atoms with Gasteiger partial charge in [0.2, 0.25) is 0 Å². The summed E-state index contributed by atoms with van der Waals surface area (Å²) >= 11 is 0. The molecule has 0 aromatic carbocycles. The summed E-state index contributed by atoms with van der Waals surface area (Å²) in [5.41, 5.74) is 0. The van der Waals surface area contributed by atoms with Gasteiger partial charge in [0, 0.05) is 12.6 Å². The Bertz CT molecular complexity index is 136. The molecular weight excluding hydrogens is 150 g/mol. The van der Waals surface area contributed by atoms with E-state index in [0.717, 1.165) is 25.9 Å². The second-order valence-corrected chi connectivity index (χ2v) is 4.28. The highest BCUT2D eigenvalue weighted by Crippen LogP contribution is 2.16. The van der Waals surface area contributed by atoms with E-state index in [1.54, 1.807) is 0 Å². The molecule has 1 fully saturated rings. The van der Waals surface area contributed by atoms with Crippen molar-refractivity contribution in [2.45, 2.75) is 45.8 Å². The highest BCUT2D eigenvalue weighted by atomic mass is 16.3. The van der Waals surface area contributed by atoms with E-state index in [-0.39, 0.29) is 6.10 Å². The Balaban J connectivity index is 2.40. The average molecular weight is 171 g/mol. The minimum Gasteiger partial charge on any atom is -0.392 e. The second kappa shape index (κ2) is 4.24. The number of β-amino-alcohol motifs (C(OH)–C–C–N with tert-alkyl or cyclic N) is 1. The first-order valence-corrected chi connectivity index (χ1v) is 5.03. The lowest BCUT2D eigenvalue weighted by molar-refractivity contribution is 0.0392. The summed E-state index contributed by atoms with van der Waals surface area (Å²) in [5, 5.41) is 9.47. The van der Waals surface area contributed by atoms with Gasteiger partial charge in [-0.05, 0) is 32.2 Å². The van der Waals surface area contributed by atoms with Gasteiger partial charge in [0.05, 0.1) is 6.10 Å². The van der Waals surface area contributed by atoms with Crippen molar-refractivity contribution in [3.8, 4) is 0 Å². The number of hydrogen-bond donors (Lipinski definition) is 1. The second-order valence-electron chi connectivity index (χ2n) is 4.28. The number of rotatable bonds is 2. The molecule has 0 saturated carbocycles. The normalized spacial score (nSPS) is 29.2. The van der Waals surface area contributed by atoms with Crippen molar-refractivity contribution >= 4 is 0 Å². The quantitative estimate of drug-likeness (QED) is 0.680. The molecule has 2 atom stereocenters. The van der Waals surface area contributed by atoms with Crippen LogP contribution in [0.25, 0.3) is 0 Å². The minimum absolute atomic E-state index is 0.0834. The average Bonchev–Trinajstić information content (AvgIpc) is 2.03. The maximum atomic E-state index is 9.47. The number of aliphatic hydroxyl groups is 1. The standard InChI is InChI=1S/C10H21NO/c1-8(2)9(3)11-6-4-5-10(12)7-11/h8-10,12H,4-7H2,1-3H3/t9-,10+/m1/s1. The third-order valence-electron chi connectivity index (χ3n) is 2.97. The number of hydrogen-bond acceptors (Lipinski definition) is 2. The molecule has 1 heterocycles. The molecule has 2 nitrogen and oxygen atoms in total. The van der Waals surface area contributed by atoms with Gasteiger partial charge in [-0.25, -0.2) is 0 Å². The fourth-order valence-electron chi connectivity index (χ4n) is 1.77. The zero-order valence-electron chi connectivity index (χ0n) is 8.45. The molecule has 0 amide bonds. The molecule has 1 aliphatic heterocycles. The SMILES string of the molecule is CC(C)[C@@H](C)N1CCC[C@H](O)C1. The molecule has 1 N–H and O–H groups in total. The summed E-state index contributed by atoms with van der Waals surface area (Å²) in [7, 11) is 0. The van der Waals surface area contributed by atoms with Crippen molar-refractivity contribution in [3.05, 3.63) is 0 Å². The summed E-state index contributed by atoms with van der Waals surface area (Å²) in [6.45, 7) is 8.77. The molecule has 0 aromatic heterocycles. The van der Waals surface area contributed by atoms with E-state index < -0.39 is 0 Å². The summed E-state index contributed by atoms with van der Waals surface area (Å²) in [6.07, 6.45) is 2.06. The van der Waals surface area contributed by atoms with Crippen LogP contribution in [0.15, 0.2) is 0 Å². The maximum absolute atomic E-state index is 9.47. The molecule has 0 radical (unpaired) electrons. The molecule has 0 unspecified atom stereocenters. The molecule has 0 aliphatic carbocycles. The third-order valence-corrected chi connectivity index (χ3v) is 2.97. The number of aliphatic hydroxyl groups excluding tert-OH is 1. The zero-order chi connectivity index (χ0) is 9.14. The van der Waals surface area contributed by atoms with Crippen molar-refractivity contribution in [3.63, 3.8) is 0 Å². The van der Waals surface area contributed by atoms with E-state index >= 15 is 0 Å². The first kappa shape index (κ1) is 10.0. The third kappa shape index (κ3) is 2.46. The zero-order valence-corrected chi connectivity index (χ0v) is 8.45. The summed E-state index contributed by atoms with van der Waals surface area (Å²) < 4.78 is 0. The molecular formula is C10H21NO.